The number of alkyl halides is 3. The second kappa shape index (κ2) is 5.71. The maximum absolute atomic E-state index is 12.7. The van der Waals surface area contributed by atoms with Crippen molar-refractivity contribution in [1.82, 2.24) is 0 Å². The van der Waals surface area contributed by atoms with E-state index in [2.05, 4.69) is 5.32 Å². The van der Waals surface area contributed by atoms with Crippen molar-refractivity contribution in [3.05, 3.63) is 29.3 Å². The van der Waals surface area contributed by atoms with Crippen LogP contribution in [0.3, 0.4) is 0 Å². The first kappa shape index (κ1) is 14.7. The van der Waals surface area contributed by atoms with Crippen LogP contribution in [0.25, 0.3) is 0 Å². The Morgan fingerprint density at radius 1 is 1.45 bits per heavy atom. The van der Waals surface area contributed by atoms with Crippen LogP contribution in [0.5, 0.6) is 0 Å². The number of nitrogens with zero attached hydrogens (tertiary/aromatic N) is 1. The van der Waals surface area contributed by atoms with E-state index >= 15 is 0 Å². The fourth-order valence-corrected chi connectivity index (χ4v) is 2.29. The van der Waals surface area contributed by atoms with E-state index in [4.69, 9.17) is 10.00 Å². The van der Waals surface area contributed by atoms with Gasteiger partial charge in [0.1, 0.15) is 0 Å². The third kappa shape index (κ3) is 3.23. The van der Waals surface area contributed by atoms with Crippen LogP contribution in [0.15, 0.2) is 18.2 Å². The fourth-order valence-electron chi connectivity index (χ4n) is 2.29. The lowest BCUT2D eigenvalue weighted by molar-refractivity contribution is -0.137. The summed E-state index contributed by atoms with van der Waals surface area (Å²) < 4.78 is 43.4. The number of hydrogen-bond donors (Lipinski definition) is 1. The van der Waals surface area contributed by atoms with Gasteiger partial charge in [-0.1, -0.05) is 0 Å². The number of benzene rings is 1. The molecule has 2 unspecified atom stereocenters. The predicted octanol–water partition coefficient (Wildman–Crippen LogP) is 3.41. The Morgan fingerprint density at radius 3 is 2.75 bits per heavy atom. The van der Waals surface area contributed by atoms with Gasteiger partial charge < -0.3 is 10.1 Å². The summed E-state index contributed by atoms with van der Waals surface area (Å²) in [4.78, 5) is 0. The molecule has 1 saturated heterocycles. The molecule has 0 spiro atoms. The lowest BCUT2D eigenvalue weighted by atomic mass is 10.0. The molecule has 1 N–H and O–H groups in total. The van der Waals surface area contributed by atoms with E-state index in [-0.39, 0.29) is 11.7 Å². The number of ether oxygens (including phenoxy) is 1. The van der Waals surface area contributed by atoms with Crippen LogP contribution in [-0.4, -0.2) is 19.3 Å². The molecule has 1 aliphatic heterocycles. The van der Waals surface area contributed by atoms with Crippen molar-refractivity contribution in [2.24, 2.45) is 5.92 Å². The highest BCUT2D eigenvalue weighted by Gasteiger charge is 2.33. The van der Waals surface area contributed by atoms with Crippen LogP contribution in [0.2, 0.25) is 0 Å². The molecule has 0 saturated carbocycles. The van der Waals surface area contributed by atoms with Crippen molar-refractivity contribution in [2.75, 3.05) is 18.5 Å². The van der Waals surface area contributed by atoms with E-state index in [1.165, 1.54) is 12.1 Å². The Balaban J connectivity index is 2.08. The van der Waals surface area contributed by atoms with Gasteiger partial charge in [0.25, 0.3) is 0 Å². The van der Waals surface area contributed by atoms with E-state index in [9.17, 15) is 13.2 Å². The summed E-state index contributed by atoms with van der Waals surface area (Å²) in [7, 11) is 0. The minimum Gasteiger partial charge on any atom is -0.385 e. The van der Waals surface area contributed by atoms with Gasteiger partial charge in [-0.2, -0.15) is 18.4 Å². The first-order valence-electron chi connectivity index (χ1n) is 6.38. The lowest BCUT2D eigenvalue weighted by Crippen LogP contribution is -2.20. The number of hydrogen-bond acceptors (Lipinski definition) is 3. The van der Waals surface area contributed by atoms with Crippen molar-refractivity contribution in [3.63, 3.8) is 0 Å². The summed E-state index contributed by atoms with van der Waals surface area (Å²) in [6.07, 6.45) is -3.43. The van der Waals surface area contributed by atoms with Crippen molar-refractivity contribution in [2.45, 2.75) is 25.6 Å². The van der Waals surface area contributed by atoms with E-state index < -0.39 is 11.7 Å². The highest BCUT2D eigenvalue weighted by molar-refractivity contribution is 5.53. The van der Waals surface area contributed by atoms with Crippen LogP contribution in [0.1, 0.15) is 24.5 Å². The summed E-state index contributed by atoms with van der Waals surface area (Å²) in [6.45, 7) is 3.31. The molecule has 1 aromatic rings. The molecule has 1 fully saturated rings. The average molecular weight is 284 g/mol. The maximum Gasteiger partial charge on any atom is 0.417 e. The molecule has 6 heteroatoms. The van der Waals surface area contributed by atoms with Gasteiger partial charge in [-0.3, -0.25) is 0 Å². The van der Waals surface area contributed by atoms with E-state index in [1.807, 2.05) is 6.92 Å². The predicted molar refractivity (Wildman–Crippen MR) is 68.2 cm³/mol. The monoisotopic (exact) mass is 284 g/mol. The minimum absolute atomic E-state index is 0.146. The molecule has 108 valence electrons. The van der Waals surface area contributed by atoms with Crippen LogP contribution in [0, 0.1) is 17.2 Å². The zero-order valence-corrected chi connectivity index (χ0v) is 11.0. The lowest BCUT2D eigenvalue weighted by Gasteiger charge is -2.16. The Labute approximate surface area is 115 Å². The number of nitrogens with one attached hydrogen (secondary N) is 1. The van der Waals surface area contributed by atoms with Gasteiger partial charge in [0.15, 0.2) is 0 Å². The smallest absolute Gasteiger partial charge is 0.385 e. The molecule has 2 atom stereocenters. The maximum atomic E-state index is 12.7. The SMILES string of the molecule is CC1OCCC1CNc1ccc(C(F)(F)F)c(C#N)c1. The quantitative estimate of drug-likeness (QED) is 0.925. The summed E-state index contributed by atoms with van der Waals surface area (Å²) in [5.41, 5.74) is -0.741. The molecular formula is C14H15F3N2O. The van der Waals surface area contributed by atoms with Crippen LogP contribution in [-0.2, 0) is 10.9 Å². The fraction of sp³-hybridized carbons (Fsp3) is 0.500. The van der Waals surface area contributed by atoms with Crippen LogP contribution >= 0.6 is 0 Å². The molecule has 1 aliphatic rings. The minimum atomic E-state index is -4.50. The van der Waals surface area contributed by atoms with Gasteiger partial charge in [0.2, 0.25) is 0 Å². The van der Waals surface area contributed by atoms with Crippen molar-refractivity contribution >= 4 is 5.69 Å². The van der Waals surface area contributed by atoms with Crippen molar-refractivity contribution in [3.8, 4) is 6.07 Å². The molecule has 1 aromatic carbocycles. The van der Waals surface area contributed by atoms with Gasteiger partial charge >= 0.3 is 6.18 Å². The molecule has 0 aliphatic carbocycles. The largest absolute Gasteiger partial charge is 0.417 e. The Bertz CT molecular complexity index is 522. The summed E-state index contributed by atoms with van der Waals surface area (Å²) in [5, 5.41) is 11.9. The number of nitriles is 1. The Morgan fingerprint density at radius 2 is 2.20 bits per heavy atom. The Hall–Kier alpha value is -1.74. The third-order valence-corrected chi connectivity index (χ3v) is 3.55. The zero-order chi connectivity index (χ0) is 14.8. The zero-order valence-electron chi connectivity index (χ0n) is 11.0. The van der Waals surface area contributed by atoms with Gasteiger partial charge in [0, 0.05) is 24.8 Å². The number of halogens is 3. The molecule has 2 rings (SSSR count). The molecule has 0 bridgehead atoms. The van der Waals surface area contributed by atoms with E-state index in [0.717, 1.165) is 12.5 Å². The van der Waals surface area contributed by atoms with Gasteiger partial charge in [-0.25, -0.2) is 0 Å². The van der Waals surface area contributed by atoms with Gasteiger partial charge in [-0.05, 0) is 31.5 Å². The topological polar surface area (TPSA) is 45.0 Å². The Kier molecular flexibility index (Phi) is 4.19. The molecular weight excluding hydrogens is 269 g/mol. The third-order valence-electron chi connectivity index (χ3n) is 3.55. The second-order valence-corrected chi connectivity index (χ2v) is 4.88. The highest BCUT2D eigenvalue weighted by Crippen LogP contribution is 2.33. The van der Waals surface area contributed by atoms with E-state index in [0.29, 0.717) is 24.8 Å². The molecule has 0 radical (unpaired) electrons. The van der Waals surface area contributed by atoms with Gasteiger partial charge in [-0.15, -0.1) is 0 Å². The van der Waals surface area contributed by atoms with E-state index in [1.54, 1.807) is 6.07 Å². The van der Waals surface area contributed by atoms with Gasteiger partial charge in [0.05, 0.1) is 23.3 Å². The molecule has 0 aromatic heterocycles. The molecule has 1 heterocycles. The highest BCUT2D eigenvalue weighted by atomic mass is 19.4. The number of rotatable bonds is 3. The molecule has 3 nitrogen and oxygen atoms in total. The first-order valence-corrected chi connectivity index (χ1v) is 6.38. The standard InChI is InChI=1S/C14H15F3N2O/c1-9-10(4-5-20-9)8-19-12-2-3-13(14(15,16)17)11(6-12)7-18/h2-3,6,9-10,19H,4-5,8H2,1H3. The molecule has 0 amide bonds. The van der Waals surface area contributed by atoms with Crippen molar-refractivity contribution in [1.29, 1.82) is 5.26 Å². The van der Waals surface area contributed by atoms with Crippen LogP contribution in [0.4, 0.5) is 18.9 Å². The normalized spacial score (nSPS) is 22.6. The van der Waals surface area contributed by atoms with Crippen LogP contribution < -0.4 is 5.32 Å². The number of anilines is 1. The summed E-state index contributed by atoms with van der Waals surface area (Å²) in [6, 6.07) is 5.13. The summed E-state index contributed by atoms with van der Waals surface area (Å²) in [5.74, 6) is 0.336. The second-order valence-electron chi connectivity index (χ2n) is 4.88. The first-order chi connectivity index (χ1) is 9.41. The molecule has 20 heavy (non-hydrogen) atoms. The van der Waals surface area contributed by atoms with Crippen molar-refractivity contribution < 1.29 is 17.9 Å². The average Bonchev–Trinajstić information content (AvgIpc) is 2.80. The summed E-state index contributed by atoms with van der Waals surface area (Å²) >= 11 is 0.